The molecule has 10 heavy (non-hydrogen) atoms. The number of hydrogen-bond acceptors (Lipinski definition) is 4. The molecule has 0 spiro atoms. The van der Waals surface area contributed by atoms with E-state index in [0.29, 0.717) is 0 Å². The first-order chi connectivity index (χ1) is 4.74. The molecular weight excluding hydrogens is 146 g/mol. The Balaban J connectivity index is 2.47. The van der Waals surface area contributed by atoms with Crippen LogP contribution < -0.4 is 0 Å². The van der Waals surface area contributed by atoms with Crippen molar-refractivity contribution in [2.45, 2.75) is 6.04 Å². The molecule has 0 aliphatic carbocycles. The van der Waals surface area contributed by atoms with Crippen LogP contribution in [0.25, 0.3) is 0 Å². The van der Waals surface area contributed by atoms with Gasteiger partial charge in [-0.2, -0.15) is 5.26 Å². The smallest absolute Gasteiger partial charge is 0.119 e. The molecule has 3 nitrogen and oxygen atoms in total. The van der Waals surface area contributed by atoms with Gasteiger partial charge in [0.2, 0.25) is 0 Å². The minimum atomic E-state index is -0.0397. The minimum Gasteiger partial charge on any atom is -0.302 e. The van der Waals surface area contributed by atoms with E-state index in [1.807, 2.05) is 7.05 Å². The molecule has 0 unspecified atom stereocenters. The Hall–Kier alpha value is -0.240. The highest BCUT2D eigenvalue weighted by molar-refractivity contribution is 7.77. The van der Waals surface area contributed by atoms with E-state index in [9.17, 15) is 0 Å². The Morgan fingerprint density at radius 3 is 2.80 bits per heavy atom. The minimum absolute atomic E-state index is 0.0397. The van der Waals surface area contributed by atoms with Gasteiger partial charge in [0.15, 0.2) is 0 Å². The van der Waals surface area contributed by atoms with E-state index in [-0.39, 0.29) is 6.04 Å². The Kier molecular flexibility index (Phi) is 2.55. The number of nitrogens with zero attached hydrogens (tertiary/aromatic N) is 3. The summed E-state index contributed by atoms with van der Waals surface area (Å²) in [6.07, 6.45) is 0. The zero-order valence-corrected chi connectivity index (χ0v) is 6.88. The van der Waals surface area contributed by atoms with Crippen molar-refractivity contribution < 1.29 is 0 Å². The second-order valence-electron chi connectivity index (χ2n) is 2.57. The molecule has 56 valence electrons. The summed E-state index contributed by atoms with van der Waals surface area (Å²) in [5, 5.41) is 8.61. The van der Waals surface area contributed by atoms with Crippen molar-refractivity contribution in [3.8, 4) is 6.07 Å². The van der Waals surface area contributed by atoms with Gasteiger partial charge in [-0.25, -0.2) is 4.31 Å². The van der Waals surface area contributed by atoms with E-state index in [1.165, 1.54) is 0 Å². The Labute approximate surface area is 66.8 Å². The Bertz CT molecular complexity index is 154. The summed E-state index contributed by atoms with van der Waals surface area (Å²) in [6.45, 7) is 2.68. The molecule has 0 bridgehead atoms. The van der Waals surface area contributed by atoms with Crippen molar-refractivity contribution in [3.63, 3.8) is 0 Å². The summed E-state index contributed by atoms with van der Waals surface area (Å²) < 4.78 is 1.79. The molecule has 0 N–H and O–H groups in total. The van der Waals surface area contributed by atoms with Crippen LogP contribution in [0.5, 0.6) is 0 Å². The van der Waals surface area contributed by atoms with Crippen LogP contribution in [0.4, 0.5) is 0 Å². The van der Waals surface area contributed by atoms with Gasteiger partial charge in [-0.05, 0) is 7.05 Å². The van der Waals surface area contributed by atoms with Gasteiger partial charge in [0.05, 0.1) is 6.07 Å². The molecule has 1 heterocycles. The zero-order chi connectivity index (χ0) is 7.56. The fourth-order valence-corrected chi connectivity index (χ4v) is 1.23. The summed E-state index contributed by atoms with van der Waals surface area (Å²) in [6, 6.07) is 2.15. The van der Waals surface area contributed by atoms with E-state index in [0.717, 1.165) is 19.6 Å². The molecule has 0 amide bonds. The monoisotopic (exact) mass is 157 g/mol. The van der Waals surface area contributed by atoms with Crippen molar-refractivity contribution in [2.75, 3.05) is 26.7 Å². The van der Waals surface area contributed by atoms with Gasteiger partial charge in [-0.1, -0.05) is 12.8 Å². The number of piperazine rings is 1. The van der Waals surface area contributed by atoms with Gasteiger partial charge in [0.1, 0.15) is 6.04 Å². The van der Waals surface area contributed by atoms with Crippen LogP contribution in [0.2, 0.25) is 0 Å². The van der Waals surface area contributed by atoms with Gasteiger partial charge in [-0.3, -0.25) is 0 Å². The lowest BCUT2D eigenvalue weighted by molar-refractivity contribution is 0.202. The predicted molar refractivity (Wildman–Crippen MR) is 42.6 cm³/mol. The molecule has 0 aromatic heterocycles. The van der Waals surface area contributed by atoms with Gasteiger partial charge in [-0.15, -0.1) is 0 Å². The van der Waals surface area contributed by atoms with Crippen LogP contribution in [-0.2, 0) is 0 Å². The summed E-state index contributed by atoms with van der Waals surface area (Å²) in [4.78, 5) is 2.14. The van der Waals surface area contributed by atoms with Crippen LogP contribution in [0.15, 0.2) is 0 Å². The normalized spacial score (nSPS) is 29.9. The molecule has 1 fully saturated rings. The Morgan fingerprint density at radius 2 is 2.30 bits per heavy atom. The molecule has 0 aromatic rings. The van der Waals surface area contributed by atoms with Crippen LogP contribution in [0, 0.1) is 11.3 Å². The van der Waals surface area contributed by atoms with Gasteiger partial charge >= 0.3 is 0 Å². The third-order valence-electron chi connectivity index (χ3n) is 1.70. The fourth-order valence-electron chi connectivity index (χ4n) is 1.02. The zero-order valence-electron chi connectivity index (χ0n) is 5.99. The van der Waals surface area contributed by atoms with Crippen LogP contribution in [0.3, 0.4) is 0 Å². The maximum absolute atomic E-state index is 8.61. The van der Waals surface area contributed by atoms with Crippen LogP contribution in [-0.4, -0.2) is 41.9 Å². The maximum Gasteiger partial charge on any atom is 0.119 e. The van der Waals surface area contributed by atoms with E-state index in [4.69, 9.17) is 5.26 Å². The fraction of sp³-hybridized carbons (Fsp3) is 0.833. The second kappa shape index (κ2) is 3.24. The average Bonchev–Trinajstić information content (AvgIpc) is 1.94. The topological polar surface area (TPSA) is 30.3 Å². The summed E-state index contributed by atoms with van der Waals surface area (Å²) in [5.41, 5.74) is 0. The maximum atomic E-state index is 8.61. The molecule has 1 saturated heterocycles. The molecule has 1 atom stereocenters. The van der Waals surface area contributed by atoms with E-state index in [2.05, 4.69) is 23.8 Å². The summed E-state index contributed by atoms with van der Waals surface area (Å²) in [7, 11) is 2.02. The van der Waals surface area contributed by atoms with Gasteiger partial charge in [0, 0.05) is 19.6 Å². The predicted octanol–water partition coefficient (Wildman–Crippen LogP) is -0.0292. The summed E-state index contributed by atoms with van der Waals surface area (Å²) in [5.74, 6) is 0. The summed E-state index contributed by atoms with van der Waals surface area (Å²) >= 11 is 4.16. The number of thiol groups is 1. The van der Waals surface area contributed by atoms with Crippen LogP contribution >= 0.6 is 12.8 Å². The molecule has 0 saturated carbocycles. The number of hydrogen-bond donors (Lipinski definition) is 1. The first-order valence-electron chi connectivity index (χ1n) is 3.27. The van der Waals surface area contributed by atoms with Crippen molar-refractivity contribution in [1.29, 1.82) is 5.26 Å². The third-order valence-corrected chi connectivity index (χ3v) is 2.18. The van der Waals surface area contributed by atoms with Crippen molar-refractivity contribution in [3.05, 3.63) is 0 Å². The Morgan fingerprint density at radius 1 is 1.60 bits per heavy atom. The third kappa shape index (κ3) is 1.63. The van der Waals surface area contributed by atoms with E-state index in [1.54, 1.807) is 4.31 Å². The second-order valence-corrected chi connectivity index (χ2v) is 3.08. The first-order valence-corrected chi connectivity index (χ1v) is 3.67. The van der Waals surface area contributed by atoms with Crippen LogP contribution in [0.1, 0.15) is 0 Å². The number of nitriles is 1. The average molecular weight is 157 g/mol. The van der Waals surface area contributed by atoms with Crippen molar-refractivity contribution >= 4 is 12.8 Å². The largest absolute Gasteiger partial charge is 0.302 e. The molecule has 1 aliphatic heterocycles. The molecule has 4 heteroatoms. The van der Waals surface area contributed by atoms with E-state index < -0.39 is 0 Å². The first kappa shape index (κ1) is 7.86. The highest BCUT2D eigenvalue weighted by atomic mass is 32.1. The number of likely N-dealkylation sites (N-methyl/N-ethyl adjacent to an activating group) is 1. The molecule has 0 aromatic carbocycles. The molecular formula is C6H11N3S. The van der Waals surface area contributed by atoms with Crippen molar-refractivity contribution in [2.24, 2.45) is 0 Å². The van der Waals surface area contributed by atoms with E-state index >= 15 is 0 Å². The standard InChI is InChI=1S/C6H11N3S/c1-8-2-3-9(10)6(4-7)5-8/h6,10H,2-3,5H2,1H3/t6-/m1/s1. The highest BCUT2D eigenvalue weighted by Gasteiger charge is 2.21. The van der Waals surface area contributed by atoms with Crippen molar-refractivity contribution in [1.82, 2.24) is 9.21 Å². The highest BCUT2D eigenvalue weighted by Crippen LogP contribution is 2.08. The molecule has 0 radical (unpaired) electrons. The lowest BCUT2D eigenvalue weighted by Crippen LogP contribution is -2.46. The van der Waals surface area contributed by atoms with Gasteiger partial charge in [0.25, 0.3) is 0 Å². The quantitative estimate of drug-likeness (QED) is 0.501. The molecule has 1 rings (SSSR count). The SMILES string of the molecule is CN1CCN(S)[C@H](C#N)C1. The lowest BCUT2D eigenvalue weighted by atomic mass is 10.2. The molecule has 1 aliphatic rings. The van der Waals surface area contributed by atoms with Gasteiger partial charge < -0.3 is 4.90 Å². The number of rotatable bonds is 0. The lowest BCUT2D eigenvalue weighted by Gasteiger charge is -2.32.